The maximum Gasteiger partial charge on any atom is 0.306 e. The van der Waals surface area contributed by atoms with Crippen molar-refractivity contribution in [2.45, 2.75) is 25.9 Å². The molecule has 0 amide bonds. The van der Waals surface area contributed by atoms with Crippen LogP contribution in [-0.4, -0.2) is 23.0 Å². The van der Waals surface area contributed by atoms with E-state index in [4.69, 9.17) is 19.1 Å². The summed E-state index contributed by atoms with van der Waals surface area (Å²) >= 11 is 0. The normalized spacial score (nSPS) is 11.6. The first-order chi connectivity index (χ1) is 13.2. The average Bonchev–Trinajstić information content (AvgIpc) is 3.06. The Morgan fingerprint density at radius 2 is 1.89 bits per heavy atom. The molecule has 0 aliphatic rings. The molecule has 3 aromatic rings. The number of nitrogens with zero attached hydrogens (tertiary/aromatic N) is 1. The molecular formula is C20H18F3NO4. The Morgan fingerprint density at radius 3 is 2.54 bits per heavy atom. The van der Waals surface area contributed by atoms with Gasteiger partial charge in [0.15, 0.2) is 12.4 Å². The van der Waals surface area contributed by atoms with Gasteiger partial charge in [-0.15, -0.1) is 0 Å². The highest BCUT2D eigenvalue weighted by atomic mass is 19.3. The molecule has 0 fully saturated rings. The predicted octanol–water partition coefficient (Wildman–Crippen LogP) is 5.14. The lowest BCUT2D eigenvalue weighted by Gasteiger charge is -2.19. The third kappa shape index (κ3) is 4.57. The Hall–Kier alpha value is -3.16. The summed E-state index contributed by atoms with van der Waals surface area (Å²) in [4.78, 5) is 0. The number of halogens is 3. The van der Waals surface area contributed by atoms with Gasteiger partial charge in [-0.2, -0.15) is 8.78 Å². The molecule has 0 unspecified atom stereocenters. The second-order valence-corrected chi connectivity index (χ2v) is 6.38. The van der Waals surface area contributed by atoms with Crippen molar-refractivity contribution in [2.75, 3.05) is 6.61 Å². The van der Waals surface area contributed by atoms with Crippen LogP contribution in [-0.2, 0) is 5.92 Å². The fraction of sp³-hybridized carbons (Fsp3) is 0.250. The minimum Gasteiger partial charge on any atom is -0.491 e. The molecule has 1 heterocycles. The molecule has 0 radical (unpaired) electrons. The molecule has 0 spiro atoms. The Morgan fingerprint density at radius 1 is 1.11 bits per heavy atom. The lowest BCUT2D eigenvalue weighted by Crippen LogP contribution is -2.23. The zero-order valence-corrected chi connectivity index (χ0v) is 15.2. The van der Waals surface area contributed by atoms with Crippen LogP contribution in [0.2, 0.25) is 0 Å². The molecule has 0 atom stereocenters. The van der Waals surface area contributed by atoms with Crippen molar-refractivity contribution in [1.82, 2.24) is 5.16 Å². The molecular weight excluding hydrogens is 375 g/mol. The topological polar surface area (TPSA) is 64.7 Å². The first-order valence-corrected chi connectivity index (χ1v) is 8.48. The molecule has 2 aromatic carbocycles. The van der Waals surface area contributed by atoms with Gasteiger partial charge < -0.3 is 19.1 Å². The van der Waals surface area contributed by atoms with Crippen molar-refractivity contribution in [3.8, 4) is 28.7 Å². The number of hydrogen-bond acceptors (Lipinski definition) is 5. The standard InChI is InChI=1S/C20H18F3NO4/c1-12(2)27-15-5-3-4-13(8-15)20(22,23)11-26-14-6-7-16(17(21)9-14)18-10-19(25)24-28-18/h3-10,12H,11H2,1-2H3,(H,24,25). The summed E-state index contributed by atoms with van der Waals surface area (Å²) in [5, 5.41) is 12.4. The van der Waals surface area contributed by atoms with Crippen LogP contribution in [0.15, 0.2) is 53.1 Å². The maximum atomic E-state index is 14.5. The minimum atomic E-state index is -3.30. The molecule has 0 aliphatic carbocycles. The van der Waals surface area contributed by atoms with Crippen LogP contribution in [0.5, 0.6) is 17.4 Å². The lowest BCUT2D eigenvalue weighted by molar-refractivity contribution is -0.0469. The number of hydrogen-bond donors (Lipinski definition) is 1. The summed E-state index contributed by atoms with van der Waals surface area (Å²) in [5.41, 5.74) is -0.245. The third-order valence-corrected chi connectivity index (χ3v) is 3.75. The fourth-order valence-electron chi connectivity index (χ4n) is 2.50. The summed E-state index contributed by atoms with van der Waals surface area (Å²) in [7, 11) is 0. The first kappa shape index (κ1) is 19.6. The van der Waals surface area contributed by atoms with Crippen LogP contribution in [0, 0.1) is 5.82 Å². The largest absolute Gasteiger partial charge is 0.491 e. The van der Waals surface area contributed by atoms with Crippen LogP contribution >= 0.6 is 0 Å². The van der Waals surface area contributed by atoms with Crippen LogP contribution in [0.1, 0.15) is 19.4 Å². The van der Waals surface area contributed by atoms with Gasteiger partial charge >= 0.3 is 5.92 Å². The van der Waals surface area contributed by atoms with Crippen molar-refractivity contribution in [1.29, 1.82) is 0 Å². The van der Waals surface area contributed by atoms with E-state index in [9.17, 15) is 13.2 Å². The van der Waals surface area contributed by atoms with E-state index in [0.717, 1.165) is 12.1 Å². The van der Waals surface area contributed by atoms with Gasteiger partial charge in [-0.1, -0.05) is 12.1 Å². The van der Waals surface area contributed by atoms with Crippen molar-refractivity contribution >= 4 is 0 Å². The number of ether oxygens (including phenoxy) is 2. The predicted molar refractivity (Wildman–Crippen MR) is 95.2 cm³/mol. The molecule has 5 nitrogen and oxygen atoms in total. The van der Waals surface area contributed by atoms with Crippen LogP contribution in [0.3, 0.4) is 0 Å². The highest BCUT2D eigenvalue weighted by molar-refractivity contribution is 5.60. The quantitative estimate of drug-likeness (QED) is 0.602. The summed E-state index contributed by atoms with van der Waals surface area (Å²) in [5.74, 6) is -4.18. The molecule has 1 N–H and O–H groups in total. The fourth-order valence-corrected chi connectivity index (χ4v) is 2.50. The monoisotopic (exact) mass is 393 g/mol. The van der Waals surface area contributed by atoms with E-state index < -0.39 is 24.2 Å². The van der Waals surface area contributed by atoms with E-state index in [2.05, 4.69) is 5.16 Å². The Bertz CT molecular complexity index is 956. The Kier molecular flexibility index (Phi) is 5.48. The summed E-state index contributed by atoms with van der Waals surface area (Å²) in [6.45, 7) is 2.62. The SMILES string of the molecule is CC(C)Oc1cccc(C(F)(F)COc2ccc(-c3cc(O)no3)c(F)c2)c1. The number of aromatic nitrogens is 1. The number of benzene rings is 2. The van der Waals surface area contributed by atoms with Crippen LogP contribution in [0.4, 0.5) is 13.2 Å². The van der Waals surface area contributed by atoms with Gasteiger partial charge in [-0.05, 0) is 43.3 Å². The molecule has 0 saturated heterocycles. The number of rotatable bonds is 7. The zero-order chi connectivity index (χ0) is 20.3. The minimum absolute atomic E-state index is 0.00819. The van der Waals surface area contributed by atoms with Crippen LogP contribution < -0.4 is 9.47 Å². The maximum absolute atomic E-state index is 14.5. The second-order valence-electron chi connectivity index (χ2n) is 6.38. The molecule has 8 heteroatoms. The van der Waals surface area contributed by atoms with Crippen molar-refractivity contribution in [3.05, 3.63) is 59.9 Å². The lowest BCUT2D eigenvalue weighted by atomic mass is 10.1. The summed E-state index contributed by atoms with van der Waals surface area (Å²) < 4.78 is 58.5. The van der Waals surface area contributed by atoms with Gasteiger partial charge in [0, 0.05) is 17.7 Å². The van der Waals surface area contributed by atoms with E-state index in [1.54, 1.807) is 19.9 Å². The first-order valence-electron chi connectivity index (χ1n) is 8.48. The molecule has 0 saturated carbocycles. The van der Waals surface area contributed by atoms with Gasteiger partial charge in [-0.3, -0.25) is 0 Å². The van der Waals surface area contributed by atoms with E-state index in [1.165, 1.54) is 30.3 Å². The molecule has 28 heavy (non-hydrogen) atoms. The molecule has 3 rings (SSSR count). The van der Waals surface area contributed by atoms with Crippen molar-refractivity contribution in [2.24, 2.45) is 0 Å². The van der Waals surface area contributed by atoms with Crippen LogP contribution in [0.25, 0.3) is 11.3 Å². The highest BCUT2D eigenvalue weighted by Crippen LogP contribution is 2.33. The third-order valence-electron chi connectivity index (χ3n) is 3.75. The smallest absolute Gasteiger partial charge is 0.306 e. The van der Waals surface area contributed by atoms with Gasteiger partial charge in [0.25, 0.3) is 5.88 Å². The highest BCUT2D eigenvalue weighted by Gasteiger charge is 2.33. The van der Waals surface area contributed by atoms with Crippen molar-refractivity contribution < 1.29 is 32.3 Å². The van der Waals surface area contributed by atoms with E-state index in [-0.39, 0.29) is 28.7 Å². The zero-order valence-electron chi connectivity index (χ0n) is 15.2. The van der Waals surface area contributed by atoms with Gasteiger partial charge in [0.2, 0.25) is 0 Å². The molecule has 0 bridgehead atoms. The second kappa shape index (κ2) is 7.84. The average molecular weight is 393 g/mol. The molecule has 1 aromatic heterocycles. The van der Waals surface area contributed by atoms with Gasteiger partial charge in [0.05, 0.1) is 11.7 Å². The van der Waals surface area contributed by atoms with Crippen molar-refractivity contribution in [3.63, 3.8) is 0 Å². The summed E-state index contributed by atoms with van der Waals surface area (Å²) in [6, 6.07) is 10.3. The Balaban J connectivity index is 1.71. The van der Waals surface area contributed by atoms with E-state index >= 15 is 0 Å². The van der Waals surface area contributed by atoms with E-state index in [0.29, 0.717) is 5.75 Å². The molecule has 148 valence electrons. The van der Waals surface area contributed by atoms with Gasteiger partial charge in [0.1, 0.15) is 17.3 Å². The summed E-state index contributed by atoms with van der Waals surface area (Å²) in [6.07, 6.45) is -0.145. The Labute approximate surface area is 159 Å². The number of alkyl halides is 2. The van der Waals surface area contributed by atoms with Gasteiger partial charge in [-0.25, -0.2) is 4.39 Å². The van der Waals surface area contributed by atoms with E-state index in [1.807, 2.05) is 0 Å². The molecule has 0 aliphatic heterocycles. The number of aromatic hydroxyl groups is 1.